The molecule has 7 atom stereocenters. The van der Waals surface area contributed by atoms with Crippen LogP contribution in [0.1, 0.15) is 82.6 Å². The Morgan fingerprint density at radius 2 is 2.00 bits per heavy atom. The molecule has 3 heteroatoms. The van der Waals surface area contributed by atoms with Crippen molar-refractivity contribution in [3.8, 4) is 0 Å². The lowest BCUT2D eigenvalue weighted by atomic mass is 9.44. The Morgan fingerprint density at radius 1 is 1.07 bits per heavy atom. The molecule has 4 fully saturated rings. The largest absolute Gasteiger partial charge is 0.472 e. The van der Waals surface area contributed by atoms with Gasteiger partial charge in [0.05, 0.1) is 25.7 Å². The third kappa shape index (κ3) is 2.83. The van der Waals surface area contributed by atoms with Crippen molar-refractivity contribution < 1.29 is 9.15 Å². The van der Waals surface area contributed by atoms with Crippen LogP contribution in [0.4, 0.5) is 0 Å². The molecule has 0 spiro atoms. The minimum Gasteiger partial charge on any atom is -0.472 e. The van der Waals surface area contributed by atoms with Gasteiger partial charge in [-0.15, -0.1) is 0 Å². The number of nitrogens with two attached hydrogens (primary N) is 1. The van der Waals surface area contributed by atoms with E-state index in [-0.39, 0.29) is 0 Å². The van der Waals surface area contributed by atoms with E-state index in [2.05, 4.69) is 13.0 Å². The van der Waals surface area contributed by atoms with E-state index in [0.717, 1.165) is 30.3 Å². The first kappa shape index (κ1) is 19.2. The minimum atomic E-state index is 0.304. The highest BCUT2D eigenvalue weighted by molar-refractivity contribution is 5.23. The van der Waals surface area contributed by atoms with Gasteiger partial charge < -0.3 is 14.9 Å². The molecule has 1 heterocycles. The zero-order valence-corrected chi connectivity index (χ0v) is 17.7. The first-order valence-corrected chi connectivity index (χ1v) is 12.0. The summed E-state index contributed by atoms with van der Waals surface area (Å²) < 4.78 is 11.7. The molecule has 4 saturated carbocycles. The average Bonchev–Trinajstić information content (AvgIpc) is 3.35. The van der Waals surface area contributed by atoms with E-state index in [0.29, 0.717) is 29.9 Å². The molecule has 2 N–H and O–H groups in total. The second kappa shape index (κ2) is 7.47. The van der Waals surface area contributed by atoms with Gasteiger partial charge in [0.25, 0.3) is 0 Å². The van der Waals surface area contributed by atoms with Crippen LogP contribution in [0.5, 0.6) is 0 Å². The van der Waals surface area contributed by atoms with Crippen LogP contribution < -0.4 is 5.73 Å². The number of ether oxygens (including phenoxy) is 1. The van der Waals surface area contributed by atoms with Gasteiger partial charge in [-0.1, -0.05) is 19.8 Å². The Morgan fingerprint density at radius 3 is 2.82 bits per heavy atom. The van der Waals surface area contributed by atoms with Crippen molar-refractivity contribution in [3.05, 3.63) is 24.2 Å². The lowest BCUT2D eigenvalue weighted by Crippen LogP contribution is -2.54. The fraction of sp³-hybridized carbons (Fsp3) is 0.840. The maximum absolute atomic E-state index is 6.21. The Hall–Kier alpha value is -0.800. The van der Waals surface area contributed by atoms with Gasteiger partial charge in [0, 0.05) is 12.0 Å². The first-order valence-electron chi connectivity index (χ1n) is 12.0. The highest BCUT2D eigenvalue weighted by Crippen LogP contribution is 2.69. The van der Waals surface area contributed by atoms with Crippen LogP contribution in [-0.4, -0.2) is 19.8 Å². The van der Waals surface area contributed by atoms with E-state index in [4.69, 9.17) is 14.9 Å². The van der Waals surface area contributed by atoms with Crippen LogP contribution in [0.2, 0.25) is 0 Å². The van der Waals surface area contributed by atoms with E-state index in [1.165, 1.54) is 69.8 Å². The van der Waals surface area contributed by atoms with E-state index in [1.54, 1.807) is 0 Å². The number of rotatable bonds is 5. The maximum Gasteiger partial charge on any atom is 0.0937 e. The molecule has 1 aromatic heterocycles. The molecule has 0 aromatic carbocycles. The van der Waals surface area contributed by atoms with Crippen molar-refractivity contribution in [2.75, 3.05) is 19.8 Å². The third-order valence-corrected chi connectivity index (χ3v) is 9.88. The van der Waals surface area contributed by atoms with Gasteiger partial charge in [0.1, 0.15) is 0 Å². The summed E-state index contributed by atoms with van der Waals surface area (Å²) in [6.45, 7) is 4.89. The number of hydrogen-bond acceptors (Lipinski definition) is 3. The van der Waals surface area contributed by atoms with E-state index in [1.807, 2.05) is 12.5 Å². The average molecular weight is 386 g/mol. The molecule has 5 rings (SSSR count). The molecule has 4 aliphatic carbocycles. The van der Waals surface area contributed by atoms with Crippen molar-refractivity contribution in [1.29, 1.82) is 0 Å². The number of furan rings is 1. The quantitative estimate of drug-likeness (QED) is 0.656. The van der Waals surface area contributed by atoms with Crippen molar-refractivity contribution in [1.82, 2.24) is 0 Å². The minimum absolute atomic E-state index is 0.304. The Kier molecular flexibility index (Phi) is 5.12. The van der Waals surface area contributed by atoms with E-state index >= 15 is 0 Å². The molecule has 1 aromatic rings. The summed E-state index contributed by atoms with van der Waals surface area (Å²) >= 11 is 0. The van der Waals surface area contributed by atoms with Crippen LogP contribution in [-0.2, 0) is 4.74 Å². The third-order valence-electron chi connectivity index (χ3n) is 9.88. The summed E-state index contributed by atoms with van der Waals surface area (Å²) in [5, 5.41) is 0. The number of fused-ring (bicyclic) bond motifs is 5. The summed E-state index contributed by atoms with van der Waals surface area (Å²) in [5.74, 6) is 4.28. The zero-order valence-electron chi connectivity index (χ0n) is 17.7. The van der Waals surface area contributed by atoms with Crippen molar-refractivity contribution >= 4 is 0 Å². The van der Waals surface area contributed by atoms with Crippen LogP contribution in [0.25, 0.3) is 0 Å². The molecule has 156 valence electrons. The molecule has 3 nitrogen and oxygen atoms in total. The predicted molar refractivity (Wildman–Crippen MR) is 112 cm³/mol. The Labute approximate surface area is 170 Å². The maximum atomic E-state index is 6.21. The van der Waals surface area contributed by atoms with Crippen LogP contribution in [0, 0.1) is 34.5 Å². The summed E-state index contributed by atoms with van der Waals surface area (Å²) in [6.07, 6.45) is 18.1. The fourth-order valence-corrected chi connectivity index (χ4v) is 8.70. The summed E-state index contributed by atoms with van der Waals surface area (Å²) in [4.78, 5) is 0. The van der Waals surface area contributed by atoms with E-state index in [9.17, 15) is 0 Å². The molecule has 1 unspecified atom stereocenters. The Bertz CT molecular complexity index is 658. The molecular formula is C25H39NO2. The van der Waals surface area contributed by atoms with Crippen LogP contribution in [0.15, 0.2) is 23.0 Å². The SMILES string of the molecule is C[C@]12CCCCC1CC[C@H]1[C@@H]3CC[C@@H](c4ccoc4)[C@@]3(COCCN)CC[C@@H]12. The van der Waals surface area contributed by atoms with Crippen molar-refractivity contribution in [2.24, 2.45) is 40.2 Å². The molecular weight excluding hydrogens is 346 g/mol. The van der Waals surface area contributed by atoms with Gasteiger partial charge in [0.15, 0.2) is 0 Å². The van der Waals surface area contributed by atoms with Gasteiger partial charge >= 0.3 is 0 Å². The molecule has 4 aliphatic rings. The summed E-state index contributed by atoms with van der Waals surface area (Å²) in [5.41, 5.74) is 8.09. The molecule has 0 bridgehead atoms. The van der Waals surface area contributed by atoms with Gasteiger partial charge in [-0.2, -0.15) is 0 Å². The lowest BCUT2D eigenvalue weighted by Gasteiger charge is -2.61. The van der Waals surface area contributed by atoms with Crippen LogP contribution >= 0.6 is 0 Å². The second-order valence-electron chi connectivity index (χ2n) is 10.7. The smallest absolute Gasteiger partial charge is 0.0937 e. The molecule has 0 aliphatic heterocycles. The Balaban J connectivity index is 1.45. The summed E-state index contributed by atoms with van der Waals surface area (Å²) in [7, 11) is 0. The molecule has 0 radical (unpaired) electrons. The zero-order chi connectivity index (χ0) is 19.2. The first-order chi connectivity index (χ1) is 13.7. The molecule has 28 heavy (non-hydrogen) atoms. The van der Waals surface area contributed by atoms with E-state index < -0.39 is 0 Å². The van der Waals surface area contributed by atoms with Gasteiger partial charge in [0.2, 0.25) is 0 Å². The highest BCUT2D eigenvalue weighted by atomic mass is 16.5. The second-order valence-corrected chi connectivity index (χ2v) is 10.7. The normalized spacial score (nSPS) is 45.3. The standard InChI is InChI=1S/C25H39NO2/c1-24-11-3-2-4-19(24)5-6-20-22(24)9-12-25(17-28-15-13-26)21(7-8-23(20)25)18-10-14-27-16-18/h10,14,16,19-23H,2-9,11-13,15,17,26H2,1H3/t19?,20-,21+,22+,23+,24+,25+/m1/s1. The molecule has 0 amide bonds. The van der Waals surface area contributed by atoms with Gasteiger partial charge in [-0.3, -0.25) is 0 Å². The van der Waals surface area contributed by atoms with Gasteiger partial charge in [-0.05, 0) is 98.0 Å². The highest BCUT2D eigenvalue weighted by Gasteiger charge is 2.61. The fourth-order valence-electron chi connectivity index (χ4n) is 8.70. The van der Waals surface area contributed by atoms with Gasteiger partial charge in [-0.25, -0.2) is 0 Å². The van der Waals surface area contributed by atoms with Crippen molar-refractivity contribution in [2.45, 2.75) is 77.0 Å². The van der Waals surface area contributed by atoms with Crippen molar-refractivity contribution in [3.63, 3.8) is 0 Å². The predicted octanol–water partition coefficient (Wildman–Crippen LogP) is 5.75. The summed E-state index contributed by atoms with van der Waals surface area (Å²) in [6, 6.07) is 2.21. The number of hydrogen-bond donors (Lipinski definition) is 1. The molecule has 0 saturated heterocycles. The lowest BCUT2D eigenvalue weighted by molar-refractivity contribution is -0.128. The topological polar surface area (TPSA) is 48.4 Å². The van der Waals surface area contributed by atoms with Crippen LogP contribution in [0.3, 0.4) is 0 Å². The monoisotopic (exact) mass is 385 g/mol.